The van der Waals surface area contributed by atoms with Crippen LogP contribution in [0.4, 0.5) is 5.69 Å². The van der Waals surface area contributed by atoms with Gasteiger partial charge in [0, 0.05) is 18.0 Å². The molecule has 2 heterocycles. The molecule has 4 nitrogen and oxygen atoms in total. The van der Waals surface area contributed by atoms with Crippen molar-refractivity contribution in [3.8, 4) is 0 Å². The zero-order valence-electron chi connectivity index (χ0n) is 9.69. The first-order chi connectivity index (χ1) is 8.27. The lowest BCUT2D eigenvalue weighted by molar-refractivity contribution is 0.0954. The van der Waals surface area contributed by atoms with Crippen molar-refractivity contribution >= 4 is 23.4 Å². The number of hydrogen-bond acceptors (Lipinski definition) is 4. The van der Waals surface area contributed by atoms with Crippen LogP contribution in [0.3, 0.4) is 0 Å². The average molecular weight is 251 g/mol. The number of thioether (sulfide) groups is 1. The van der Waals surface area contributed by atoms with Crippen LogP contribution in [-0.4, -0.2) is 28.4 Å². The first-order valence-electron chi connectivity index (χ1n) is 5.86. The van der Waals surface area contributed by atoms with E-state index >= 15 is 0 Å². The number of carbonyl (C=O) groups is 1. The minimum Gasteiger partial charge on any atom is -0.397 e. The Balaban J connectivity index is 1.87. The molecule has 17 heavy (non-hydrogen) atoms. The van der Waals surface area contributed by atoms with Gasteiger partial charge in [-0.1, -0.05) is 6.42 Å². The standard InChI is InChI=1S/C12H17N3OS/c13-11-8-14-5-4-10(11)12(16)15-7-9-3-1-2-6-17-9/h4-5,8-9H,1-3,6-7,13H2,(H,15,16). The van der Waals surface area contributed by atoms with Gasteiger partial charge in [-0.25, -0.2) is 0 Å². The first-order valence-corrected chi connectivity index (χ1v) is 6.91. The number of nitrogens with zero attached hydrogens (tertiary/aromatic N) is 1. The second-order valence-electron chi connectivity index (χ2n) is 4.16. The number of anilines is 1. The molecule has 1 fully saturated rings. The maximum atomic E-state index is 11.9. The third kappa shape index (κ3) is 3.36. The van der Waals surface area contributed by atoms with Crippen LogP contribution in [0.5, 0.6) is 0 Å². The maximum absolute atomic E-state index is 11.9. The summed E-state index contributed by atoms with van der Waals surface area (Å²) in [6, 6.07) is 1.65. The number of nitrogens with two attached hydrogens (primary N) is 1. The summed E-state index contributed by atoms with van der Waals surface area (Å²) in [5.74, 6) is 1.11. The number of nitrogens with one attached hydrogen (secondary N) is 1. The van der Waals surface area contributed by atoms with Crippen LogP contribution in [0.25, 0.3) is 0 Å². The van der Waals surface area contributed by atoms with Crippen LogP contribution in [-0.2, 0) is 0 Å². The Morgan fingerprint density at radius 2 is 2.47 bits per heavy atom. The summed E-state index contributed by atoms with van der Waals surface area (Å²) < 4.78 is 0. The Bertz CT molecular complexity index is 391. The summed E-state index contributed by atoms with van der Waals surface area (Å²) in [7, 11) is 0. The van der Waals surface area contributed by atoms with Crippen LogP contribution >= 0.6 is 11.8 Å². The van der Waals surface area contributed by atoms with Gasteiger partial charge in [0.05, 0.1) is 17.4 Å². The summed E-state index contributed by atoms with van der Waals surface area (Å²) >= 11 is 1.95. The Labute approximate surface area is 105 Å². The van der Waals surface area contributed by atoms with Gasteiger partial charge in [-0.2, -0.15) is 11.8 Å². The summed E-state index contributed by atoms with van der Waals surface area (Å²) in [5.41, 5.74) is 6.65. The van der Waals surface area contributed by atoms with E-state index in [0.29, 0.717) is 16.5 Å². The number of aromatic nitrogens is 1. The van der Waals surface area contributed by atoms with Crippen molar-refractivity contribution in [1.29, 1.82) is 0 Å². The molecule has 2 rings (SSSR count). The Kier molecular flexibility index (Phi) is 4.25. The predicted molar refractivity (Wildman–Crippen MR) is 71.1 cm³/mol. The van der Waals surface area contributed by atoms with Crippen molar-refractivity contribution in [2.24, 2.45) is 0 Å². The molecular weight excluding hydrogens is 234 g/mol. The van der Waals surface area contributed by atoms with Gasteiger partial charge in [0.1, 0.15) is 0 Å². The van der Waals surface area contributed by atoms with E-state index in [2.05, 4.69) is 10.3 Å². The lowest BCUT2D eigenvalue weighted by atomic mass is 10.2. The van der Waals surface area contributed by atoms with Crippen LogP contribution in [0.1, 0.15) is 29.6 Å². The third-order valence-corrected chi connectivity index (χ3v) is 4.26. The van der Waals surface area contributed by atoms with E-state index in [4.69, 9.17) is 5.73 Å². The van der Waals surface area contributed by atoms with Gasteiger partial charge in [0.2, 0.25) is 0 Å². The van der Waals surface area contributed by atoms with Crippen molar-refractivity contribution in [2.75, 3.05) is 18.0 Å². The predicted octanol–water partition coefficient (Wildman–Crippen LogP) is 1.68. The smallest absolute Gasteiger partial charge is 0.253 e. The van der Waals surface area contributed by atoms with E-state index in [1.165, 1.54) is 31.2 Å². The Hall–Kier alpha value is -1.23. The normalized spacial score (nSPS) is 19.9. The van der Waals surface area contributed by atoms with E-state index in [0.717, 1.165) is 6.54 Å². The topological polar surface area (TPSA) is 68.0 Å². The highest BCUT2D eigenvalue weighted by Gasteiger charge is 2.16. The minimum atomic E-state index is -0.101. The lowest BCUT2D eigenvalue weighted by Gasteiger charge is -2.21. The molecule has 1 unspecified atom stereocenters. The summed E-state index contributed by atoms with van der Waals surface area (Å²) in [6.07, 6.45) is 6.85. The number of hydrogen-bond donors (Lipinski definition) is 2. The monoisotopic (exact) mass is 251 g/mol. The number of carbonyl (C=O) groups excluding carboxylic acids is 1. The number of pyridine rings is 1. The lowest BCUT2D eigenvalue weighted by Crippen LogP contribution is -2.32. The highest BCUT2D eigenvalue weighted by molar-refractivity contribution is 7.99. The molecule has 0 bridgehead atoms. The molecule has 0 aromatic carbocycles. The number of nitrogen functional groups attached to an aromatic ring is 1. The van der Waals surface area contributed by atoms with Crippen molar-refractivity contribution in [3.05, 3.63) is 24.0 Å². The number of amides is 1. The van der Waals surface area contributed by atoms with Gasteiger partial charge in [-0.15, -0.1) is 0 Å². The van der Waals surface area contributed by atoms with Crippen molar-refractivity contribution in [1.82, 2.24) is 10.3 Å². The molecule has 1 amide bonds. The molecule has 0 spiro atoms. The molecule has 0 radical (unpaired) electrons. The Morgan fingerprint density at radius 3 is 3.18 bits per heavy atom. The van der Waals surface area contributed by atoms with E-state index < -0.39 is 0 Å². The molecular formula is C12H17N3OS. The summed E-state index contributed by atoms with van der Waals surface area (Å²) in [4.78, 5) is 15.7. The van der Waals surface area contributed by atoms with Gasteiger partial charge in [0.15, 0.2) is 0 Å². The largest absolute Gasteiger partial charge is 0.397 e. The fourth-order valence-corrected chi connectivity index (χ4v) is 3.12. The van der Waals surface area contributed by atoms with E-state index in [1.807, 2.05) is 11.8 Å². The van der Waals surface area contributed by atoms with Gasteiger partial charge >= 0.3 is 0 Å². The Morgan fingerprint density at radius 1 is 1.59 bits per heavy atom. The van der Waals surface area contributed by atoms with Gasteiger partial charge in [-0.05, 0) is 24.7 Å². The number of rotatable bonds is 3. The second kappa shape index (κ2) is 5.91. The molecule has 1 atom stereocenters. The fraction of sp³-hybridized carbons (Fsp3) is 0.500. The van der Waals surface area contributed by atoms with Gasteiger partial charge in [0.25, 0.3) is 5.91 Å². The minimum absolute atomic E-state index is 0.101. The summed E-state index contributed by atoms with van der Waals surface area (Å²) in [5, 5.41) is 3.49. The van der Waals surface area contributed by atoms with Gasteiger partial charge < -0.3 is 11.1 Å². The fourth-order valence-electron chi connectivity index (χ4n) is 1.88. The van der Waals surface area contributed by atoms with Crippen LogP contribution in [0.2, 0.25) is 0 Å². The zero-order chi connectivity index (χ0) is 12.1. The molecule has 1 aromatic heterocycles. The molecule has 1 aliphatic rings. The van der Waals surface area contributed by atoms with E-state index in [1.54, 1.807) is 12.3 Å². The first kappa shape index (κ1) is 12.2. The molecule has 1 aromatic rings. The molecule has 0 saturated carbocycles. The summed E-state index contributed by atoms with van der Waals surface area (Å²) in [6.45, 7) is 0.727. The molecule has 1 aliphatic heterocycles. The van der Waals surface area contributed by atoms with Crippen molar-refractivity contribution < 1.29 is 4.79 Å². The molecule has 5 heteroatoms. The van der Waals surface area contributed by atoms with Crippen molar-refractivity contribution in [2.45, 2.75) is 24.5 Å². The SMILES string of the molecule is Nc1cnccc1C(=O)NCC1CCCCS1. The average Bonchev–Trinajstić information content (AvgIpc) is 2.38. The maximum Gasteiger partial charge on any atom is 0.253 e. The second-order valence-corrected chi connectivity index (χ2v) is 5.57. The molecule has 92 valence electrons. The van der Waals surface area contributed by atoms with Crippen molar-refractivity contribution in [3.63, 3.8) is 0 Å². The van der Waals surface area contributed by atoms with Gasteiger partial charge in [-0.3, -0.25) is 9.78 Å². The van der Waals surface area contributed by atoms with E-state index in [9.17, 15) is 4.79 Å². The quantitative estimate of drug-likeness (QED) is 0.857. The zero-order valence-corrected chi connectivity index (χ0v) is 10.5. The molecule has 1 saturated heterocycles. The molecule has 3 N–H and O–H groups in total. The van der Waals surface area contributed by atoms with Crippen LogP contribution < -0.4 is 11.1 Å². The third-order valence-electron chi connectivity index (χ3n) is 2.86. The van der Waals surface area contributed by atoms with E-state index in [-0.39, 0.29) is 5.91 Å². The van der Waals surface area contributed by atoms with Crippen LogP contribution in [0.15, 0.2) is 18.5 Å². The van der Waals surface area contributed by atoms with Crippen LogP contribution in [0, 0.1) is 0 Å². The molecule has 0 aliphatic carbocycles. The highest BCUT2D eigenvalue weighted by Crippen LogP contribution is 2.24. The highest BCUT2D eigenvalue weighted by atomic mass is 32.2.